The fraction of sp³-hybridized carbons (Fsp3) is 0.500. The van der Waals surface area contributed by atoms with Gasteiger partial charge in [-0.3, -0.25) is 4.79 Å². The Labute approximate surface area is 122 Å². The van der Waals surface area contributed by atoms with E-state index >= 15 is 0 Å². The fourth-order valence-corrected chi connectivity index (χ4v) is 2.73. The molecule has 0 heterocycles. The van der Waals surface area contributed by atoms with Gasteiger partial charge in [0, 0.05) is 17.2 Å². The lowest BCUT2D eigenvalue weighted by molar-refractivity contribution is 0.0908. The molecule has 0 spiro atoms. The van der Waals surface area contributed by atoms with E-state index in [0.717, 1.165) is 12.8 Å². The number of hydrogen-bond acceptors (Lipinski definition) is 4. The maximum absolute atomic E-state index is 12.3. The van der Waals surface area contributed by atoms with E-state index in [0.29, 0.717) is 30.0 Å². The highest BCUT2D eigenvalue weighted by Gasteiger charge is 2.32. The highest BCUT2D eigenvalue weighted by Crippen LogP contribution is 2.36. The molecule has 0 amide bonds. The third-order valence-corrected chi connectivity index (χ3v) is 4.07. The third-order valence-electron chi connectivity index (χ3n) is 4.07. The van der Waals surface area contributed by atoms with Gasteiger partial charge in [0.2, 0.25) is 0 Å². The van der Waals surface area contributed by atoms with Crippen LogP contribution in [0.25, 0.3) is 0 Å². The summed E-state index contributed by atoms with van der Waals surface area (Å²) in [6.07, 6.45) is 4.86. The molecule has 4 nitrogen and oxygen atoms in total. The Morgan fingerprint density at radius 3 is 2.53 bits per heavy atom. The molecule has 1 atom stereocenters. The molecule has 2 aliphatic carbocycles. The van der Waals surface area contributed by atoms with Crippen LogP contribution in [0.15, 0.2) is 12.1 Å². The molecular weight excluding hydrogens is 310 g/mol. The molecule has 2 aliphatic rings. The molecule has 0 radical (unpaired) electrons. The summed E-state index contributed by atoms with van der Waals surface area (Å²) in [7, 11) is 0. The molecule has 5 heteroatoms. The second-order valence-corrected chi connectivity index (χ2v) is 5.21. The highest BCUT2D eigenvalue weighted by atomic mass is 79.9. The second kappa shape index (κ2) is 5.51. The van der Waals surface area contributed by atoms with E-state index in [9.17, 15) is 15.0 Å². The van der Waals surface area contributed by atoms with Crippen molar-refractivity contribution in [1.29, 1.82) is 0 Å². The molecule has 3 N–H and O–H groups in total. The summed E-state index contributed by atoms with van der Waals surface area (Å²) in [6, 6.07) is 3.34. The van der Waals surface area contributed by atoms with Gasteiger partial charge in [-0.25, -0.2) is 0 Å². The van der Waals surface area contributed by atoms with Gasteiger partial charge in [0.05, 0.1) is 6.04 Å². The number of hydrogen-bond donors (Lipinski definition) is 3. The van der Waals surface area contributed by atoms with Crippen molar-refractivity contribution in [2.24, 2.45) is 0 Å². The van der Waals surface area contributed by atoms with Gasteiger partial charge in [-0.05, 0) is 37.8 Å². The molecule has 1 aromatic rings. The monoisotopic (exact) mass is 327 g/mol. The molecule has 0 aromatic heterocycles. The van der Waals surface area contributed by atoms with Gasteiger partial charge in [0.25, 0.3) is 0 Å². The lowest BCUT2D eigenvalue weighted by Crippen LogP contribution is -2.48. The van der Waals surface area contributed by atoms with Crippen LogP contribution in [0, 0.1) is 0 Å². The van der Waals surface area contributed by atoms with Crippen molar-refractivity contribution >= 4 is 22.8 Å². The van der Waals surface area contributed by atoms with Crippen LogP contribution >= 0.6 is 17.0 Å². The molecule has 3 rings (SSSR count). The lowest BCUT2D eigenvalue weighted by atomic mass is 9.84. The van der Waals surface area contributed by atoms with Crippen molar-refractivity contribution < 1.29 is 15.0 Å². The number of nitrogens with one attached hydrogen (secondary N) is 1. The predicted octanol–water partition coefficient (Wildman–Crippen LogP) is 2.32. The van der Waals surface area contributed by atoms with Gasteiger partial charge in [0.15, 0.2) is 17.3 Å². The first-order valence-corrected chi connectivity index (χ1v) is 6.51. The average molecular weight is 328 g/mol. The van der Waals surface area contributed by atoms with Gasteiger partial charge in [-0.2, -0.15) is 0 Å². The van der Waals surface area contributed by atoms with Crippen LogP contribution in [0.5, 0.6) is 11.5 Å². The van der Waals surface area contributed by atoms with Gasteiger partial charge >= 0.3 is 0 Å². The zero-order valence-electron chi connectivity index (χ0n) is 10.6. The molecule has 1 unspecified atom stereocenters. The van der Waals surface area contributed by atoms with Gasteiger partial charge in [0.1, 0.15) is 0 Å². The molecule has 1 saturated carbocycles. The maximum Gasteiger partial charge on any atom is 0.180 e. The first-order valence-electron chi connectivity index (χ1n) is 6.51. The summed E-state index contributed by atoms with van der Waals surface area (Å²) in [5, 5.41) is 22.6. The van der Waals surface area contributed by atoms with Gasteiger partial charge in [-0.1, -0.05) is 6.42 Å². The fourth-order valence-electron chi connectivity index (χ4n) is 2.73. The number of aromatic hydroxyl groups is 2. The number of carbonyl (C=O) groups excluding carboxylic acids is 1. The van der Waals surface area contributed by atoms with Crippen molar-refractivity contribution in [3.8, 4) is 11.5 Å². The summed E-state index contributed by atoms with van der Waals surface area (Å²) in [5.74, 6) is -0.242. The van der Waals surface area contributed by atoms with Crippen molar-refractivity contribution in [2.45, 2.75) is 44.2 Å². The summed E-state index contributed by atoms with van der Waals surface area (Å²) in [5.41, 5.74) is 1.14. The Bertz CT molecular complexity index is 500. The van der Waals surface area contributed by atoms with Crippen LogP contribution in [0.2, 0.25) is 0 Å². The highest BCUT2D eigenvalue weighted by molar-refractivity contribution is 8.93. The molecule has 0 aliphatic heterocycles. The standard InChI is InChI=1S/C14H17NO3.BrH/c16-12-7-5-9-10(14(12)18)4-6-11(13(9)17)15-8-2-1-3-8;/h5,7-8,11,15-16,18H,1-4,6H2;1H. The SMILES string of the molecule is Br.O=C1c2ccc(O)c(O)c2CCC1NC1CCC1. The van der Waals surface area contributed by atoms with Crippen LogP contribution in [0.4, 0.5) is 0 Å². The van der Waals surface area contributed by atoms with Crippen LogP contribution in [0.1, 0.15) is 41.6 Å². The Morgan fingerprint density at radius 1 is 1.16 bits per heavy atom. The molecule has 19 heavy (non-hydrogen) atoms. The maximum atomic E-state index is 12.3. The second-order valence-electron chi connectivity index (χ2n) is 5.21. The van der Waals surface area contributed by atoms with E-state index in [1.54, 1.807) is 6.07 Å². The number of phenolic OH excluding ortho intramolecular Hbond substituents is 2. The van der Waals surface area contributed by atoms with Crippen molar-refractivity contribution in [2.75, 3.05) is 0 Å². The van der Waals surface area contributed by atoms with Gasteiger partial charge < -0.3 is 15.5 Å². The number of benzene rings is 1. The zero-order valence-corrected chi connectivity index (χ0v) is 12.3. The van der Waals surface area contributed by atoms with Crippen LogP contribution < -0.4 is 5.32 Å². The van der Waals surface area contributed by atoms with Crippen molar-refractivity contribution in [1.82, 2.24) is 5.32 Å². The minimum absolute atomic E-state index is 0. The van der Waals surface area contributed by atoms with E-state index in [1.165, 1.54) is 12.5 Å². The van der Waals surface area contributed by atoms with Crippen LogP contribution in [-0.2, 0) is 6.42 Å². The summed E-state index contributed by atoms with van der Waals surface area (Å²) in [6.45, 7) is 0. The molecular formula is C14H18BrNO3. The van der Waals surface area contributed by atoms with Crippen LogP contribution in [-0.4, -0.2) is 28.1 Å². The smallest absolute Gasteiger partial charge is 0.180 e. The Kier molecular flexibility index (Phi) is 4.16. The first-order chi connectivity index (χ1) is 8.66. The topological polar surface area (TPSA) is 69.6 Å². The van der Waals surface area contributed by atoms with Crippen molar-refractivity contribution in [3.05, 3.63) is 23.3 Å². The molecule has 1 aromatic carbocycles. The number of phenols is 2. The van der Waals surface area contributed by atoms with Crippen LogP contribution in [0.3, 0.4) is 0 Å². The number of ketones is 1. The number of carbonyl (C=O) groups is 1. The Balaban J connectivity index is 0.00000133. The van der Waals surface area contributed by atoms with Gasteiger partial charge in [-0.15, -0.1) is 17.0 Å². The largest absolute Gasteiger partial charge is 0.504 e. The predicted molar refractivity (Wildman–Crippen MR) is 77.3 cm³/mol. The van der Waals surface area contributed by atoms with E-state index in [4.69, 9.17) is 0 Å². The Morgan fingerprint density at radius 2 is 1.89 bits per heavy atom. The van der Waals surface area contributed by atoms with E-state index < -0.39 is 0 Å². The minimum atomic E-state index is -0.146. The number of fused-ring (bicyclic) bond motifs is 1. The molecule has 104 valence electrons. The lowest BCUT2D eigenvalue weighted by Gasteiger charge is -2.33. The quantitative estimate of drug-likeness (QED) is 0.729. The summed E-state index contributed by atoms with van der Waals surface area (Å²) in [4.78, 5) is 12.3. The van der Waals surface area contributed by atoms with Crippen molar-refractivity contribution in [3.63, 3.8) is 0 Å². The van der Waals surface area contributed by atoms with E-state index in [1.807, 2.05) is 0 Å². The molecule has 0 saturated heterocycles. The number of Topliss-reactive ketones (excluding diaryl/α,β-unsaturated/α-hetero) is 1. The normalized spacial score (nSPS) is 22.3. The average Bonchev–Trinajstić information content (AvgIpc) is 2.31. The zero-order chi connectivity index (χ0) is 12.7. The number of rotatable bonds is 2. The molecule has 1 fully saturated rings. The third kappa shape index (κ3) is 2.49. The van der Waals surface area contributed by atoms with E-state index in [-0.39, 0.29) is 40.3 Å². The first kappa shape index (κ1) is 14.3. The van der Waals surface area contributed by atoms with E-state index in [2.05, 4.69) is 5.32 Å². The number of halogens is 1. The Hall–Kier alpha value is -1.07. The summed E-state index contributed by atoms with van der Waals surface area (Å²) < 4.78 is 0. The molecule has 0 bridgehead atoms. The minimum Gasteiger partial charge on any atom is -0.504 e. The summed E-state index contributed by atoms with van der Waals surface area (Å²) >= 11 is 0.